The predicted octanol–water partition coefficient (Wildman–Crippen LogP) is 0.492. The maximum absolute atomic E-state index is 11.1. The van der Waals surface area contributed by atoms with Crippen molar-refractivity contribution in [1.82, 2.24) is 4.57 Å². The van der Waals surface area contributed by atoms with E-state index in [0.29, 0.717) is 0 Å². The lowest BCUT2D eigenvalue weighted by Gasteiger charge is -1.95. The number of esters is 1. The van der Waals surface area contributed by atoms with Gasteiger partial charge >= 0.3 is 5.97 Å². The summed E-state index contributed by atoms with van der Waals surface area (Å²) in [6.07, 6.45) is 4.09. The van der Waals surface area contributed by atoms with Gasteiger partial charge in [-0.25, -0.2) is 4.79 Å². The van der Waals surface area contributed by atoms with Crippen LogP contribution in [0.5, 0.6) is 0 Å². The van der Waals surface area contributed by atoms with Gasteiger partial charge in [0.05, 0.1) is 7.11 Å². The van der Waals surface area contributed by atoms with E-state index in [9.17, 15) is 9.59 Å². The van der Waals surface area contributed by atoms with Crippen LogP contribution >= 0.6 is 0 Å². The van der Waals surface area contributed by atoms with Crippen LogP contribution in [0.25, 0.3) is 6.20 Å². The molecular weight excluding hydrogens is 170 g/mol. The minimum absolute atomic E-state index is 0.192. The number of carbonyl (C=O) groups is 1. The largest absolute Gasteiger partial charge is 0.466 e. The highest BCUT2D eigenvalue weighted by Crippen LogP contribution is 1.84. The van der Waals surface area contributed by atoms with Gasteiger partial charge in [-0.2, -0.15) is 0 Å². The third-order valence-electron chi connectivity index (χ3n) is 1.42. The van der Waals surface area contributed by atoms with E-state index in [1.54, 1.807) is 18.3 Å². The normalized spacial score (nSPS) is 10.2. The molecule has 0 aliphatic rings. The summed E-state index contributed by atoms with van der Waals surface area (Å²) in [5.41, 5.74) is -0.192. The van der Waals surface area contributed by atoms with Gasteiger partial charge in [-0.15, -0.1) is 0 Å². The Bertz CT molecular complexity index is 378. The zero-order valence-electron chi connectivity index (χ0n) is 7.14. The molecule has 0 fully saturated rings. The number of ether oxygens (including phenoxy) is 1. The van der Waals surface area contributed by atoms with Crippen molar-refractivity contribution in [2.75, 3.05) is 7.11 Å². The first-order valence-electron chi connectivity index (χ1n) is 3.67. The molecule has 0 spiro atoms. The lowest BCUT2D eigenvalue weighted by molar-refractivity contribution is -0.134. The van der Waals surface area contributed by atoms with Crippen LogP contribution in [0.2, 0.25) is 0 Å². The maximum atomic E-state index is 11.1. The second kappa shape index (κ2) is 4.25. The van der Waals surface area contributed by atoms with Crippen molar-refractivity contribution >= 4 is 12.2 Å². The number of methoxy groups -OCH3 is 1. The molecule has 0 atom stereocenters. The van der Waals surface area contributed by atoms with E-state index in [0.717, 1.165) is 0 Å². The molecule has 4 heteroatoms. The van der Waals surface area contributed by atoms with Crippen LogP contribution in [-0.2, 0) is 9.53 Å². The average Bonchev–Trinajstić information content (AvgIpc) is 2.16. The zero-order valence-corrected chi connectivity index (χ0v) is 7.14. The van der Waals surface area contributed by atoms with E-state index >= 15 is 0 Å². The second-order valence-electron chi connectivity index (χ2n) is 2.29. The van der Waals surface area contributed by atoms with E-state index in [4.69, 9.17) is 0 Å². The van der Waals surface area contributed by atoms with Crippen LogP contribution in [-0.4, -0.2) is 17.6 Å². The highest BCUT2D eigenvalue weighted by Gasteiger charge is 1.91. The van der Waals surface area contributed by atoms with E-state index in [1.165, 1.54) is 30.0 Å². The van der Waals surface area contributed by atoms with Gasteiger partial charge in [0.15, 0.2) is 0 Å². The molecule has 4 nitrogen and oxygen atoms in total. The van der Waals surface area contributed by atoms with Gasteiger partial charge in [-0.3, -0.25) is 9.36 Å². The molecule has 0 N–H and O–H groups in total. The van der Waals surface area contributed by atoms with Crippen LogP contribution in [0.1, 0.15) is 0 Å². The Kier molecular flexibility index (Phi) is 3.03. The first-order valence-corrected chi connectivity index (χ1v) is 3.67. The number of hydrogen-bond donors (Lipinski definition) is 0. The highest BCUT2D eigenvalue weighted by molar-refractivity contribution is 5.84. The van der Waals surface area contributed by atoms with E-state index in [1.807, 2.05) is 0 Å². The van der Waals surface area contributed by atoms with Gasteiger partial charge in [0.1, 0.15) is 0 Å². The molecule has 0 saturated carbocycles. The monoisotopic (exact) mass is 179 g/mol. The summed E-state index contributed by atoms with van der Waals surface area (Å²) in [6.45, 7) is 0. The van der Waals surface area contributed by atoms with Gasteiger partial charge in [0.2, 0.25) is 0 Å². The van der Waals surface area contributed by atoms with Gasteiger partial charge in [0.25, 0.3) is 5.56 Å². The number of carbonyl (C=O) groups excluding carboxylic acids is 1. The van der Waals surface area contributed by atoms with Crippen LogP contribution in [0.3, 0.4) is 0 Å². The van der Waals surface area contributed by atoms with E-state index < -0.39 is 5.97 Å². The van der Waals surface area contributed by atoms with Crippen LogP contribution in [0.15, 0.2) is 35.3 Å². The fraction of sp³-hybridized carbons (Fsp3) is 0.111. The summed E-state index contributed by atoms with van der Waals surface area (Å²) in [5, 5.41) is 0. The minimum Gasteiger partial charge on any atom is -0.466 e. The van der Waals surface area contributed by atoms with Crippen molar-refractivity contribution in [1.29, 1.82) is 0 Å². The molecule has 0 aliphatic carbocycles. The smallest absolute Gasteiger partial charge is 0.331 e. The lowest BCUT2D eigenvalue weighted by atomic mass is 10.5. The highest BCUT2D eigenvalue weighted by atomic mass is 16.5. The van der Waals surface area contributed by atoms with Crippen molar-refractivity contribution in [3.05, 3.63) is 40.8 Å². The summed E-state index contributed by atoms with van der Waals surface area (Å²) in [4.78, 5) is 21.8. The Morgan fingerprint density at radius 1 is 1.54 bits per heavy atom. The number of hydrogen-bond acceptors (Lipinski definition) is 3. The van der Waals surface area contributed by atoms with Crippen molar-refractivity contribution in [2.45, 2.75) is 0 Å². The Morgan fingerprint density at radius 3 is 2.92 bits per heavy atom. The van der Waals surface area contributed by atoms with Crippen molar-refractivity contribution < 1.29 is 9.53 Å². The predicted molar refractivity (Wildman–Crippen MR) is 48.0 cm³/mol. The molecule has 0 amide bonds. The molecule has 1 heterocycles. The van der Waals surface area contributed by atoms with Gasteiger partial charge in [-0.05, 0) is 6.07 Å². The van der Waals surface area contributed by atoms with Crippen LogP contribution in [0.4, 0.5) is 0 Å². The van der Waals surface area contributed by atoms with Gasteiger partial charge in [0, 0.05) is 24.5 Å². The number of nitrogens with zero attached hydrogens (tertiary/aromatic N) is 1. The van der Waals surface area contributed by atoms with Crippen molar-refractivity contribution in [3.63, 3.8) is 0 Å². The summed E-state index contributed by atoms with van der Waals surface area (Å²) >= 11 is 0. The van der Waals surface area contributed by atoms with E-state index in [-0.39, 0.29) is 5.56 Å². The minimum atomic E-state index is -0.490. The molecule has 0 radical (unpaired) electrons. The Morgan fingerprint density at radius 2 is 2.31 bits per heavy atom. The molecule has 0 aromatic carbocycles. The van der Waals surface area contributed by atoms with Gasteiger partial charge in [-0.1, -0.05) is 6.07 Å². The molecule has 0 unspecified atom stereocenters. The van der Waals surface area contributed by atoms with Crippen LogP contribution in [0, 0.1) is 0 Å². The maximum Gasteiger partial charge on any atom is 0.331 e. The fourth-order valence-corrected chi connectivity index (χ4v) is 0.772. The molecule has 1 aromatic heterocycles. The van der Waals surface area contributed by atoms with Crippen LogP contribution < -0.4 is 5.56 Å². The average molecular weight is 179 g/mol. The van der Waals surface area contributed by atoms with E-state index in [2.05, 4.69) is 4.74 Å². The second-order valence-corrected chi connectivity index (χ2v) is 2.29. The molecule has 13 heavy (non-hydrogen) atoms. The van der Waals surface area contributed by atoms with Crippen molar-refractivity contribution in [2.24, 2.45) is 0 Å². The quantitative estimate of drug-likeness (QED) is 0.490. The number of pyridine rings is 1. The first kappa shape index (κ1) is 9.25. The molecule has 0 aliphatic heterocycles. The number of aromatic nitrogens is 1. The molecular formula is C9H9NO3. The van der Waals surface area contributed by atoms with Gasteiger partial charge < -0.3 is 4.74 Å². The zero-order chi connectivity index (χ0) is 9.68. The summed E-state index contributed by atoms with van der Waals surface area (Å²) in [6, 6.07) is 4.73. The molecule has 0 saturated heterocycles. The SMILES string of the molecule is COC(=O)C=Cn1ccccc1=O. The first-order chi connectivity index (χ1) is 6.24. The van der Waals surface area contributed by atoms with Crippen molar-refractivity contribution in [3.8, 4) is 0 Å². The molecule has 1 aromatic rings. The Balaban J connectivity index is 2.86. The number of rotatable bonds is 2. The Hall–Kier alpha value is -1.84. The molecule has 1 rings (SSSR count). The fourth-order valence-electron chi connectivity index (χ4n) is 0.772. The molecule has 0 bridgehead atoms. The summed E-state index contributed by atoms with van der Waals surface area (Å²) < 4.78 is 5.66. The summed E-state index contributed by atoms with van der Waals surface area (Å²) in [5.74, 6) is -0.490. The molecule has 68 valence electrons. The summed E-state index contributed by atoms with van der Waals surface area (Å²) in [7, 11) is 1.28. The third-order valence-corrected chi connectivity index (χ3v) is 1.42. The Labute approximate surface area is 75.1 Å². The standard InChI is InChI=1S/C9H9NO3/c1-13-9(12)5-7-10-6-3-2-4-8(10)11/h2-7H,1H3. The lowest BCUT2D eigenvalue weighted by Crippen LogP contribution is -2.12. The third kappa shape index (κ3) is 2.59. The topological polar surface area (TPSA) is 48.3 Å².